The van der Waals surface area contributed by atoms with Crippen molar-refractivity contribution in [2.45, 2.75) is 6.18 Å². The van der Waals surface area contributed by atoms with Crippen molar-refractivity contribution in [2.75, 3.05) is 17.7 Å². The molecular weight excluding hydrogens is 255 g/mol. The minimum Gasteiger partial charge on any atom is -0.373 e. The first-order valence-corrected chi connectivity index (χ1v) is 5.57. The molecule has 2 rings (SSSR count). The largest absolute Gasteiger partial charge is 0.416 e. The summed E-state index contributed by atoms with van der Waals surface area (Å²) in [4.78, 5) is 4.03. The van der Waals surface area contributed by atoms with Crippen molar-refractivity contribution in [3.05, 3.63) is 48.2 Å². The standard InChI is InChI=1S/C13H12F3N3/c1-17-12-8-11(5-6-18-12)19-10-4-2-3-9(7-10)13(14,15)16/h2-8H,1H3,(H2,17,18,19). The van der Waals surface area contributed by atoms with Gasteiger partial charge in [-0.3, -0.25) is 0 Å². The first-order chi connectivity index (χ1) is 8.99. The maximum Gasteiger partial charge on any atom is 0.416 e. The minimum absolute atomic E-state index is 0.378. The molecule has 0 aliphatic rings. The molecule has 0 saturated heterocycles. The Morgan fingerprint density at radius 1 is 1.05 bits per heavy atom. The summed E-state index contributed by atoms with van der Waals surface area (Å²) in [6, 6.07) is 8.44. The predicted octanol–water partition coefficient (Wildman–Crippen LogP) is 3.89. The summed E-state index contributed by atoms with van der Waals surface area (Å²) in [6.07, 6.45) is -2.77. The van der Waals surface area contributed by atoms with Gasteiger partial charge in [-0.25, -0.2) is 4.98 Å². The highest BCUT2D eigenvalue weighted by molar-refractivity contribution is 5.63. The molecule has 0 saturated carbocycles. The van der Waals surface area contributed by atoms with Gasteiger partial charge in [-0.1, -0.05) is 6.07 Å². The molecule has 1 aromatic heterocycles. The Morgan fingerprint density at radius 3 is 2.47 bits per heavy atom. The number of nitrogens with one attached hydrogen (secondary N) is 2. The highest BCUT2D eigenvalue weighted by atomic mass is 19.4. The van der Waals surface area contributed by atoms with Gasteiger partial charge in [0.1, 0.15) is 5.82 Å². The van der Waals surface area contributed by atoms with Crippen LogP contribution in [0.15, 0.2) is 42.6 Å². The number of nitrogens with zero attached hydrogens (tertiary/aromatic N) is 1. The smallest absolute Gasteiger partial charge is 0.373 e. The van der Waals surface area contributed by atoms with E-state index in [1.165, 1.54) is 6.07 Å². The van der Waals surface area contributed by atoms with Crippen molar-refractivity contribution in [1.82, 2.24) is 4.98 Å². The van der Waals surface area contributed by atoms with E-state index in [-0.39, 0.29) is 0 Å². The lowest BCUT2D eigenvalue weighted by Gasteiger charge is -2.11. The first kappa shape index (κ1) is 13.2. The highest BCUT2D eigenvalue weighted by Crippen LogP contribution is 2.31. The van der Waals surface area contributed by atoms with Crippen molar-refractivity contribution in [2.24, 2.45) is 0 Å². The van der Waals surface area contributed by atoms with Crippen LogP contribution < -0.4 is 10.6 Å². The van der Waals surface area contributed by atoms with E-state index in [2.05, 4.69) is 15.6 Å². The molecule has 0 aliphatic carbocycles. The molecule has 100 valence electrons. The van der Waals surface area contributed by atoms with E-state index in [0.29, 0.717) is 17.2 Å². The third-order valence-corrected chi connectivity index (χ3v) is 2.49. The second kappa shape index (κ2) is 5.17. The summed E-state index contributed by atoms with van der Waals surface area (Å²) >= 11 is 0. The zero-order chi connectivity index (χ0) is 13.9. The Hall–Kier alpha value is -2.24. The summed E-state index contributed by atoms with van der Waals surface area (Å²) in [7, 11) is 1.72. The van der Waals surface area contributed by atoms with Gasteiger partial charge < -0.3 is 10.6 Å². The van der Waals surface area contributed by atoms with Gasteiger partial charge in [0.15, 0.2) is 0 Å². The summed E-state index contributed by atoms with van der Waals surface area (Å²) in [5, 5.41) is 5.77. The lowest BCUT2D eigenvalue weighted by molar-refractivity contribution is -0.137. The molecule has 0 bridgehead atoms. The number of hydrogen-bond acceptors (Lipinski definition) is 3. The molecular formula is C13H12F3N3. The number of hydrogen-bond donors (Lipinski definition) is 2. The van der Waals surface area contributed by atoms with Crippen LogP contribution in [0.1, 0.15) is 5.56 Å². The fourth-order valence-electron chi connectivity index (χ4n) is 1.58. The van der Waals surface area contributed by atoms with E-state index >= 15 is 0 Å². The Bertz CT molecular complexity index is 567. The van der Waals surface area contributed by atoms with Crippen LogP contribution in [0.4, 0.5) is 30.4 Å². The number of aromatic nitrogens is 1. The third kappa shape index (κ3) is 3.37. The van der Waals surface area contributed by atoms with Crippen molar-refractivity contribution >= 4 is 17.2 Å². The number of rotatable bonds is 3. The quantitative estimate of drug-likeness (QED) is 0.886. The second-order valence-electron chi connectivity index (χ2n) is 3.88. The maximum atomic E-state index is 12.6. The normalized spacial score (nSPS) is 11.2. The molecule has 19 heavy (non-hydrogen) atoms. The lowest BCUT2D eigenvalue weighted by atomic mass is 10.2. The monoisotopic (exact) mass is 267 g/mol. The average molecular weight is 267 g/mol. The molecule has 0 amide bonds. The number of alkyl halides is 3. The highest BCUT2D eigenvalue weighted by Gasteiger charge is 2.30. The van der Waals surface area contributed by atoms with Crippen molar-refractivity contribution in [3.8, 4) is 0 Å². The van der Waals surface area contributed by atoms with Crippen LogP contribution in [0, 0.1) is 0 Å². The van der Waals surface area contributed by atoms with Gasteiger partial charge in [0.05, 0.1) is 5.56 Å². The van der Waals surface area contributed by atoms with Gasteiger partial charge >= 0.3 is 6.18 Å². The predicted molar refractivity (Wildman–Crippen MR) is 68.5 cm³/mol. The fraction of sp³-hybridized carbons (Fsp3) is 0.154. The Morgan fingerprint density at radius 2 is 1.79 bits per heavy atom. The molecule has 1 aromatic carbocycles. The topological polar surface area (TPSA) is 37.0 Å². The molecule has 0 atom stereocenters. The van der Waals surface area contributed by atoms with Gasteiger partial charge in [0.25, 0.3) is 0 Å². The molecule has 6 heteroatoms. The Kier molecular flexibility index (Phi) is 3.59. The average Bonchev–Trinajstić information content (AvgIpc) is 2.38. The van der Waals surface area contributed by atoms with Crippen LogP contribution in [-0.4, -0.2) is 12.0 Å². The molecule has 3 nitrogen and oxygen atoms in total. The number of anilines is 3. The van der Waals surface area contributed by atoms with Crippen molar-refractivity contribution in [1.29, 1.82) is 0 Å². The van der Waals surface area contributed by atoms with Crippen LogP contribution >= 0.6 is 0 Å². The van der Waals surface area contributed by atoms with E-state index in [9.17, 15) is 13.2 Å². The third-order valence-electron chi connectivity index (χ3n) is 2.49. The maximum absolute atomic E-state index is 12.6. The van der Waals surface area contributed by atoms with E-state index in [0.717, 1.165) is 12.1 Å². The van der Waals surface area contributed by atoms with Crippen LogP contribution in [0.2, 0.25) is 0 Å². The van der Waals surface area contributed by atoms with E-state index in [1.54, 1.807) is 31.4 Å². The second-order valence-corrected chi connectivity index (χ2v) is 3.88. The number of pyridine rings is 1. The summed E-state index contributed by atoms with van der Waals surface area (Å²) < 4.78 is 37.7. The number of benzene rings is 1. The van der Waals surface area contributed by atoms with E-state index < -0.39 is 11.7 Å². The SMILES string of the molecule is CNc1cc(Nc2cccc(C(F)(F)F)c2)ccn1. The Balaban J connectivity index is 2.23. The van der Waals surface area contributed by atoms with Gasteiger partial charge in [-0.15, -0.1) is 0 Å². The van der Waals surface area contributed by atoms with Crippen LogP contribution in [-0.2, 0) is 6.18 Å². The minimum atomic E-state index is -4.34. The molecule has 2 aromatic rings. The van der Waals surface area contributed by atoms with Gasteiger partial charge in [0, 0.05) is 30.7 Å². The number of halogens is 3. The zero-order valence-electron chi connectivity index (χ0n) is 10.1. The zero-order valence-corrected chi connectivity index (χ0v) is 10.1. The molecule has 0 spiro atoms. The summed E-state index contributed by atoms with van der Waals surface area (Å²) in [5.41, 5.74) is 0.363. The van der Waals surface area contributed by atoms with Crippen LogP contribution in [0.5, 0.6) is 0 Å². The fourth-order valence-corrected chi connectivity index (χ4v) is 1.58. The van der Waals surface area contributed by atoms with E-state index in [4.69, 9.17) is 0 Å². The molecule has 0 aliphatic heterocycles. The van der Waals surface area contributed by atoms with Crippen LogP contribution in [0.3, 0.4) is 0 Å². The molecule has 0 fully saturated rings. The lowest BCUT2D eigenvalue weighted by Crippen LogP contribution is -2.05. The van der Waals surface area contributed by atoms with Gasteiger partial charge in [-0.05, 0) is 24.3 Å². The Labute approximate surface area is 108 Å². The van der Waals surface area contributed by atoms with Crippen LogP contribution in [0.25, 0.3) is 0 Å². The summed E-state index contributed by atoms with van der Waals surface area (Å²) in [5.74, 6) is 0.636. The first-order valence-electron chi connectivity index (χ1n) is 5.57. The van der Waals surface area contributed by atoms with E-state index in [1.807, 2.05) is 0 Å². The molecule has 2 N–H and O–H groups in total. The molecule has 0 radical (unpaired) electrons. The molecule has 1 heterocycles. The van der Waals surface area contributed by atoms with Crippen molar-refractivity contribution < 1.29 is 13.2 Å². The van der Waals surface area contributed by atoms with Gasteiger partial charge in [0.2, 0.25) is 0 Å². The summed E-state index contributed by atoms with van der Waals surface area (Å²) in [6.45, 7) is 0. The van der Waals surface area contributed by atoms with Crippen molar-refractivity contribution in [3.63, 3.8) is 0 Å². The van der Waals surface area contributed by atoms with Gasteiger partial charge in [-0.2, -0.15) is 13.2 Å². The molecule has 0 unspecified atom stereocenters.